The van der Waals surface area contributed by atoms with Crippen molar-refractivity contribution in [3.63, 3.8) is 0 Å². The summed E-state index contributed by atoms with van der Waals surface area (Å²) in [5, 5.41) is 17.4. The monoisotopic (exact) mass is 330 g/mol. The van der Waals surface area contributed by atoms with Crippen molar-refractivity contribution in [2.75, 3.05) is 7.11 Å². The molecule has 0 amide bonds. The van der Waals surface area contributed by atoms with Crippen LogP contribution in [0.15, 0.2) is 42.7 Å². The molecule has 1 N–H and O–H groups in total. The molecule has 2 heterocycles. The number of carbonyl (C=O) groups is 1. The number of carboxylic acid groups (broad SMARTS) is 1. The van der Waals surface area contributed by atoms with Gasteiger partial charge >= 0.3 is 5.97 Å². The molecular weight excluding hydrogens is 320 g/mol. The normalized spacial score (nSPS) is 10.5. The first-order chi connectivity index (χ1) is 11.1. The Bertz CT molecular complexity index is 864. The number of ether oxygens (including phenoxy) is 1. The highest BCUT2D eigenvalue weighted by atomic mass is 35.5. The highest BCUT2D eigenvalue weighted by Crippen LogP contribution is 2.29. The third-order valence-electron chi connectivity index (χ3n) is 3.19. The summed E-state index contributed by atoms with van der Waals surface area (Å²) in [5.74, 6) is -0.661. The van der Waals surface area contributed by atoms with Crippen LogP contribution in [0.25, 0.3) is 16.9 Å². The molecule has 0 atom stereocenters. The van der Waals surface area contributed by atoms with Crippen LogP contribution in [0.1, 0.15) is 10.5 Å². The maximum Gasteiger partial charge on any atom is 0.358 e. The van der Waals surface area contributed by atoms with Gasteiger partial charge in [-0.3, -0.25) is 4.98 Å². The zero-order valence-electron chi connectivity index (χ0n) is 12.0. The van der Waals surface area contributed by atoms with Gasteiger partial charge in [-0.2, -0.15) is 0 Å². The molecule has 0 fully saturated rings. The summed E-state index contributed by atoms with van der Waals surface area (Å²) >= 11 is 6.13. The van der Waals surface area contributed by atoms with Crippen LogP contribution in [0.5, 0.6) is 5.75 Å². The van der Waals surface area contributed by atoms with Crippen molar-refractivity contribution in [2.45, 2.75) is 0 Å². The number of carboxylic acids is 1. The van der Waals surface area contributed by atoms with Gasteiger partial charge in [0.1, 0.15) is 11.4 Å². The number of aromatic carboxylic acids is 1. The van der Waals surface area contributed by atoms with E-state index in [2.05, 4.69) is 15.3 Å². The van der Waals surface area contributed by atoms with Crippen molar-refractivity contribution in [1.82, 2.24) is 20.0 Å². The molecule has 2 aromatic heterocycles. The minimum atomic E-state index is -1.17. The Morgan fingerprint density at radius 2 is 2.17 bits per heavy atom. The molecular formula is C15H11ClN4O3. The molecule has 0 aliphatic heterocycles. The molecule has 3 rings (SSSR count). The Kier molecular flexibility index (Phi) is 3.94. The second-order valence-electron chi connectivity index (χ2n) is 4.56. The average molecular weight is 331 g/mol. The van der Waals surface area contributed by atoms with Gasteiger partial charge in [0.2, 0.25) is 0 Å². The van der Waals surface area contributed by atoms with Crippen LogP contribution in [-0.2, 0) is 0 Å². The van der Waals surface area contributed by atoms with Gasteiger partial charge in [-0.15, -0.1) is 5.10 Å². The van der Waals surface area contributed by atoms with Gasteiger partial charge in [-0.1, -0.05) is 16.8 Å². The summed E-state index contributed by atoms with van der Waals surface area (Å²) in [6.45, 7) is 0. The highest BCUT2D eigenvalue weighted by Gasteiger charge is 2.22. The van der Waals surface area contributed by atoms with E-state index in [0.29, 0.717) is 27.7 Å². The number of pyridine rings is 1. The van der Waals surface area contributed by atoms with E-state index in [1.54, 1.807) is 42.7 Å². The number of hydrogen-bond acceptors (Lipinski definition) is 5. The van der Waals surface area contributed by atoms with E-state index in [1.165, 1.54) is 11.8 Å². The lowest BCUT2D eigenvalue weighted by atomic mass is 10.1. The molecule has 0 saturated heterocycles. The Balaban J connectivity index is 2.21. The third kappa shape index (κ3) is 2.74. The number of nitrogens with zero attached hydrogens (tertiary/aromatic N) is 4. The summed E-state index contributed by atoms with van der Waals surface area (Å²) in [7, 11) is 1.51. The number of hydrogen-bond donors (Lipinski definition) is 1. The topological polar surface area (TPSA) is 90.1 Å². The van der Waals surface area contributed by atoms with Gasteiger partial charge in [0.05, 0.1) is 17.8 Å². The molecule has 23 heavy (non-hydrogen) atoms. The van der Waals surface area contributed by atoms with E-state index in [4.69, 9.17) is 16.3 Å². The molecule has 0 aliphatic rings. The lowest BCUT2D eigenvalue weighted by molar-refractivity contribution is 0.0691. The van der Waals surface area contributed by atoms with Gasteiger partial charge in [0.15, 0.2) is 5.69 Å². The van der Waals surface area contributed by atoms with Crippen LogP contribution in [-0.4, -0.2) is 38.2 Å². The maximum atomic E-state index is 11.4. The Morgan fingerprint density at radius 1 is 1.35 bits per heavy atom. The smallest absolute Gasteiger partial charge is 0.358 e. The van der Waals surface area contributed by atoms with E-state index < -0.39 is 5.97 Å². The van der Waals surface area contributed by atoms with E-state index in [9.17, 15) is 9.90 Å². The van der Waals surface area contributed by atoms with Gasteiger partial charge < -0.3 is 9.84 Å². The first-order valence-corrected chi connectivity index (χ1v) is 6.93. The van der Waals surface area contributed by atoms with Crippen LogP contribution < -0.4 is 4.74 Å². The van der Waals surface area contributed by atoms with Crippen molar-refractivity contribution in [2.24, 2.45) is 0 Å². The molecule has 7 nitrogen and oxygen atoms in total. The van der Waals surface area contributed by atoms with Gasteiger partial charge in [0.25, 0.3) is 0 Å². The summed E-state index contributed by atoms with van der Waals surface area (Å²) in [5.41, 5.74) is 1.31. The highest BCUT2D eigenvalue weighted by molar-refractivity contribution is 6.32. The third-order valence-corrected chi connectivity index (χ3v) is 3.48. The summed E-state index contributed by atoms with van der Waals surface area (Å²) in [4.78, 5) is 15.4. The lowest BCUT2D eigenvalue weighted by Gasteiger charge is -2.09. The molecule has 1 aromatic carbocycles. The van der Waals surface area contributed by atoms with Crippen molar-refractivity contribution < 1.29 is 14.6 Å². The number of rotatable bonds is 4. The van der Waals surface area contributed by atoms with E-state index in [0.717, 1.165) is 0 Å². The molecule has 0 spiro atoms. The number of methoxy groups -OCH3 is 1. The quantitative estimate of drug-likeness (QED) is 0.791. The molecule has 0 saturated carbocycles. The fraction of sp³-hybridized carbons (Fsp3) is 0.0667. The van der Waals surface area contributed by atoms with E-state index >= 15 is 0 Å². The van der Waals surface area contributed by atoms with E-state index in [1.807, 2.05) is 0 Å². The number of halogens is 1. The molecule has 0 unspecified atom stereocenters. The minimum absolute atomic E-state index is 0.162. The Labute approximate surface area is 136 Å². The second-order valence-corrected chi connectivity index (χ2v) is 4.97. The fourth-order valence-electron chi connectivity index (χ4n) is 2.16. The van der Waals surface area contributed by atoms with Crippen LogP contribution in [0, 0.1) is 0 Å². The Hall–Kier alpha value is -2.93. The summed E-state index contributed by atoms with van der Waals surface area (Å²) in [6, 6.07) is 8.46. The SMILES string of the molecule is COc1ccc(-n2nnc(C(=O)O)c2-c2cccnc2)cc1Cl. The Morgan fingerprint density at radius 3 is 2.78 bits per heavy atom. The van der Waals surface area contributed by atoms with Gasteiger partial charge in [-0.05, 0) is 30.3 Å². The molecule has 116 valence electrons. The number of benzene rings is 1. The van der Waals surface area contributed by atoms with Crippen LogP contribution >= 0.6 is 11.6 Å². The molecule has 0 aliphatic carbocycles. The van der Waals surface area contributed by atoms with Crippen molar-refractivity contribution >= 4 is 17.6 Å². The molecule has 0 radical (unpaired) electrons. The second kappa shape index (κ2) is 6.05. The first-order valence-electron chi connectivity index (χ1n) is 6.55. The standard InChI is InChI=1S/C15H11ClN4O3/c1-23-12-5-4-10(7-11(12)16)20-14(9-3-2-6-17-8-9)13(15(21)22)18-19-20/h2-8H,1H3,(H,21,22). The summed E-state index contributed by atoms with van der Waals surface area (Å²) in [6.07, 6.45) is 3.15. The zero-order valence-corrected chi connectivity index (χ0v) is 12.7. The van der Waals surface area contributed by atoms with Crippen LogP contribution in [0.2, 0.25) is 5.02 Å². The summed E-state index contributed by atoms with van der Waals surface area (Å²) < 4.78 is 6.52. The largest absolute Gasteiger partial charge is 0.495 e. The molecule has 0 bridgehead atoms. The fourth-order valence-corrected chi connectivity index (χ4v) is 2.41. The van der Waals surface area contributed by atoms with Gasteiger partial charge in [-0.25, -0.2) is 9.48 Å². The van der Waals surface area contributed by atoms with Crippen molar-refractivity contribution in [3.05, 3.63) is 53.4 Å². The first kappa shape index (κ1) is 15.0. The van der Waals surface area contributed by atoms with Crippen LogP contribution in [0.3, 0.4) is 0 Å². The van der Waals surface area contributed by atoms with Gasteiger partial charge in [0, 0.05) is 18.0 Å². The average Bonchev–Trinajstić information content (AvgIpc) is 3.00. The maximum absolute atomic E-state index is 11.4. The molecule has 3 aromatic rings. The van der Waals surface area contributed by atoms with Crippen molar-refractivity contribution in [1.29, 1.82) is 0 Å². The predicted octanol–water partition coefficient (Wildman–Crippen LogP) is 2.69. The van der Waals surface area contributed by atoms with E-state index in [-0.39, 0.29) is 5.69 Å². The molecule has 8 heteroatoms. The zero-order chi connectivity index (χ0) is 16.4. The van der Waals surface area contributed by atoms with Crippen molar-refractivity contribution in [3.8, 4) is 22.7 Å². The number of aromatic nitrogens is 4. The van der Waals surface area contributed by atoms with Crippen LogP contribution in [0.4, 0.5) is 0 Å². The predicted molar refractivity (Wildman–Crippen MR) is 83.1 cm³/mol. The minimum Gasteiger partial charge on any atom is -0.495 e. The lowest BCUT2D eigenvalue weighted by Crippen LogP contribution is -2.03.